The molecule has 0 unspecified atom stereocenters. The van der Waals surface area contributed by atoms with Crippen LogP contribution in [0.5, 0.6) is 0 Å². The second kappa shape index (κ2) is 4.28. The minimum Gasteiger partial charge on any atom is -0.282 e. The zero-order valence-corrected chi connectivity index (χ0v) is 6.43. The smallest absolute Gasteiger partial charge is 0.258 e. The van der Waals surface area contributed by atoms with Crippen LogP contribution in [-0.2, 0) is 9.59 Å². The first-order valence-corrected chi connectivity index (χ1v) is 3.52. The Morgan fingerprint density at radius 2 is 1.17 bits per heavy atom. The van der Waals surface area contributed by atoms with Gasteiger partial charge in [-0.3, -0.25) is 10.0 Å². The third kappa shape index (κ3) is 2.20. The fraction of sp³-hybridized carbons (Fsp3) is 0.667. The molecular formula is C6H8N4O2. The first kappa shape index (κ1) is 8.46. The van der Waals surface area contributed by atoms with Gasteiger partial charge in [-0.1, -0.05) is 10.2 Å². The van der Waals surface area contributed by atoms with Gasteiger partial charge in [-0.15, -0.1) is 0 Å². The van der Waals surface area contributed by atoms with Crippen LogP contribution >= 0.6 is 0 Å². The number of piperazine rings is 1. The Bertz CT molecular complexity index is 208. The van der Waals surface area contributed by atoms with E-state index in [0.717, 1.165) is 0 Å². The zero-order valence-electron chi connectivity index (χ0n) is 6.43. The molecule has 1 fully saturated rings. The predicted molar refractivity (Wildman–Crippen MR) is 39.4 cm³/mol. The Labute approximate surface area is 69.1 Å². The molecule has 0 atom stereocenters. The lowest BCUT2D eigenvalue weighted by molar-refractivity contribution is 0.139. The molecule has 0 spiro atoms. The van der Waals surface area contributed by atoms with Gasteiger partial charge >= 0.3 is 0 Å². The molecule has 1 aliphatic rings. The third-order valence-corrected chi connectivity index (χ3v) is 1.60. The Balaban J connectivity index is 2.38. The highest BCUT2D eigenvalue weighted by molar-refractivity contribution is 5.32. The minimum absolute atomic E-state index is 0.584. The number of carbonyl (C=O) groups excluding carboxylic acids is 2. The maximum absolute atomic E-state index is 9.85. The van der Waals surface area contributed by atoms with Crippen LogP contribution in [0.2, 0.25) is 0 Å². The monoisotopic (exact) mass is 168 g/mol. The fourth-order valence-corrected chi connectivity index (χ4v) is 1.00. The summed E-state index contributed by atoms with van der Waals surface area (Å²) in [7, 11) is 0. The lowest BCUT2D eigenvalue weighted by Gasteiger charge is -2.28. The maximum atomic E-state index is 9.85. The molecule has 0 saturated carbocycles. The van der Waals surface area contributed by atoms with E-state index in [1.165, 1.54) is 12.2 Å². The van der Waals surface area contributed by atoms with Gasteiger partial charge in [-0.05, 0) is 0 Å². The fourth-order valence-electron chi connectivity index (χ4n) is 1.00. The van der Waals surface area contributed by atoms with Crippen LogP contribution in [0.4, 0.5) is 0 Å². The number of hydrogen-bond donors (Lipinski definition) is 0. The van der Waals surface area contributed by atoms with Crippen molar-refractivity contribution in [1.29, 1.82) is 0 Å². The van der Waals surface area contributed by atoms with E-state index >= 15 is 0 Å². The Morgan fingerprint density at radius 1 is 0.833 bits per heavy atom. The van der Waals surface area contributed by atoms with E-state index in [0.29, 0.717) is 26.2 Å². The van der Waals surface area contributed by atoms with Gasteiger partial charge < -0.3 is 0 Å². The average molecular weight is 168 g/mol. The molecule has 0 radical (unpaired) electrons. The largest absolute Gasteiger partial charge is 0.282 e. The van der Waals surface area contributed by atoms with Crippen molar-refractivity contribution in [3.63, 3.8) is 0 Å². The minimum atomic E-state index is 0.584. The first-order chi connectivity index (χ1) is 5.86. The predicted octanol–water partition coefficient (Wildman–Crippen LogP) is -0.894. The summed E-state index contributed by atoms with van der Waals surface area (Å²) in [5, 5.41) is 10.1. The molecular weight excluding hydrogens is 160 g/mol. The van der Waals surface area contributed by atoms with E-state index in [4.69, 9.17) is 0 Å². The molecule has 64 valence electrons. The van der Waals surface area contributed by atoms with Crippen LogP contribution in [0.1, 0.15) is 0 Å². The van der Waals surface area contributed by atoms with E-state index in [-0.39, 0.29) is 0 Å². The number of hydrogen-bond acceptors (Lipinski definition) is 6. The SMILES string of the molecule is O=C=NN1CCN(N=C=O)CC1. The van der Waals surface area contributed by atoms with E-state index in [2.05, 4.69) is 10.2 Å². The van der Waals surface area contributed by atoms with Gasteiger partial charge in [0.1, 0.15) is 0 Å². The van der Waals surface area contributed by atoms with E-state index in [1.807, 2.05) is 0 Å². The number of rotatable bonds is 2. The normalized spacial score (nSPS) is 16.3. The third-order valence-electron chi connectivity index (χ3n) is 1.60. The first-order valence-electron chi connectivity index (χ1n) is 3.52. The molecule has 0 N–H and O–H groups in total. The summed E-state index contributed by atoms with van der Waals surface area (Å²) in [6.07, 6.45) is 2.92. The van der Waals surface area contributed by atoms with Gasteiger partial charge in [0, 0.05) is 0 Å². The molecule has 0 aromatic heterocycles. The average Bonchev–Trinajstić information content (AvgIpc) is 2.09. The maximum Gasteiger partial charge on any atom is 0.258 e. The molecule has 0 aromatic carbocycles. The standard InChI is InChI=1S/C6H8N4O2/c11-5-7-9-1-2-10(4-3-9)8-6-12/h1-4H2. The molecule has 0 bridgehead atoms. The number of hydrazone groups is 2. The van der Waals surface area contributed by atoms with Crippen LogP contribution in [0.25, 0.3) is 0 Å². The highest BCUT2D eigenvalue weighted by Crippen LogP contribution is 2.00. The van der Waals surface area contributed by atoms with E-state index in [1.54, 1.807) is 10.0 Å². The lowest BCUT2D eigenvalue weighted by Crippen LogP contribution is -2.41. The summed E-state index contributed by atoms with van der Waals surface area (Å²) in [5.74, 6) is 0. The van der Waals surface area contributed by atoms with Crippen molar-refractivity contribution in [3.8, 4) is 0 Å². The summed E-state index contributed by atoms with van der Waals surface area (Å²) < 4.78 is 0. The van der Waals surface area contributed by atoms with Crippen LogP contribution in [0.3, 0.4) is 0 Å². The molecule has 0 aromatic rings. The van der Waals surface area contributed by atoms with E-state index in [9.17, 15) is 9.59 Å². The lowest BCUT2D eigenvalue weighted by atomic mass is 10.4. The second-order valence-electron chi connectivity index (χ2n) is 2.29. The highest BCUT2D eigenvalue weighted by atomic mass is 16.1. The summed E-state index contributed by atoms with van der Waals surface area (Å²) in [5.41, 5.74) is 0. The zero-order chi connectivity index (χ0) is 8.81. The molecule has 1 heterocycles. The Hall–Kier alpha value is -1.64. The van der Waals surface area contributed by atoms with Crippen LogP contribution in [0.15, 0.2) is 10.2 Å². The van der Waals surface area contributed by atoms with Crippen LogP contribution in [0, 0.1) is 0 Å². The number of isocyanates is 2. The van der Waals surface area contributed by atoms with Crippen molar-refractivity contribution in [2.24, 2.45) is 10.2 Å². The molecule has 1 saturated heterocycles. The summed E-state index contributed by atoms with van der Waals surface area (Å²) in [4.78, 5) is 19.7. The molecule has 6 heteroatoms. The summed E-state index contributed by atoms with van der Waals surface area (Å²) in [6, 6.07) is 0. The topological polar surface area (TPSA) is 65.3 Å². The Morgan fingerprint density at radius 3 is 1.42 bits per heavy atom. The van der Waals surface area contributed by atoms with Gasteiger partial charge in [0.15, 0.2) is 0 Å². The van der Waals surface area contributed by atoms with Crippen LogP contribution < -0.4 is 0 Å². The molecule has 1 aliphatic heterocycles. The van der Waals surface area contributed by atoms with Crippen molar-refractivity contribution >= 4 is 12.2 Å². The van der Waals surface area contributed by atoms with Gasteiger partial charge in [0.2, 0.25) is 0 Å². The van der Waals surface area contributed by atoms with Gasteiger partial charge in [-0.2, -0.15) is 0 Å². The number of nitrogens with zero attached hydrogens (tertiary/aromatic N) is 4. The molecule has 12 heavy (non-hydrogen) atoms. The van der Waals surface area contributed by atoms with Crippen molar-refractivity contribution < 1.29 is 9.59 Å². The molecule has 0 amide bonds. The summed E-state index contributed by atoms with van der Waals surface area (Å²) in [6.45, 7) is 2.34. The molecule has 6 nitrogen and oxygen atoms in total. The van der Waals surface area contributed by atoms with Crippen LogP contribution in [-0.4, -0.2) is 48.4 Å². The van der Waals surface area contributed by atoms with Crippen molar-refractivity contribution in [1.82, 2.24) is 10.0 Å². The van der Waals surface area contributed by atoms with Crippen molar-refractivity contribution in [3.05, 3.63) is 0 Å². The summed E-state index contributed by atoms with van der Waals surface area (Å²) >= 11 is 0. The van der Waals surface area contributed by atoms with Crippen molar-refractivity contribution in [2.45, 2.75) is 0 Å². The van der Waals surface area contributed by atoms with Gasteiger partial charge in [0.25, 0.3) is 12.2 Å². The highest BCUT2D eigenvalue weighted by Gasteiger charge is 2.13. The Kier molecular flexibility index (Phi) is 3.02. The second-order valence-corrected chi connectivity index (χ2v) is 2.29. The molecule has 0 aliphatic carbocycles. The van der Waals surface area contributed by atoms with Crippen molar-refractivity contribution in [2.75, 3.05) is 26.2 Å². The van der Waals surface area contributed by atoms with Gasteiger partial charge in [0.05, 0.1) is 26.2 Å². The van der Waals surface area contributed by atoms with E-state index < -0.39 is 0 Å². The van der Waals surface area contributed by atoms with Gasteiger partial charge in [-0.25, -0.2) is 9.59 Å². The molecule has 1 rings (SSSR count). The quantitative estimate of drug-likeness (QED) is 0.396.